The number of hydrogen-bond acceptors (Lipinski definition) is 6. The maximum Gasteiger partial charge on any atom is 0.299 e. The number of para-hydroxylation sites is 2. The van der Waals surface area contributed by atoms with Gasteiger partial charge in [0, 0.05) is 13.6 Å². The van der Waals surface area contributed by atoms with Gasteiger partial charge in [0.25, 0.3) is 6.01 Å². The lowest BCUT2D eigenvalue weighted by Crippen LogP contribution is -2.23. The molecule has 0 bridgehead atoms. The molecular weight excluding hydrogens is 268 g/mol. The van der Waals surface area contributed by atoms with Crippen molar-refractivity contribution in [1.29, 1.82) is 0 Å². The SMILES string of the molecule is Cn1nc([C@@H]2CCCN2c2nc3ccccc3o2)nc1N. The number of nitrogens with two attached hydrogens (primary N) is 1. The Bertz CT molecular complexity index is 739. The lowest BCUT2D eigenvalue weighted by Gasteiger charge is -2.19. The summed E-state index contributed by atoms with van der Waals surface area (Å²) in [6.07, 6.45) is 2.03. The van der Waals surface area contributed by atoms with Crippen LogP contribution in [-0.4, -0.2) is 26.3 Å². The summed E-state index contributed by atoms with van der Waals surface area (Å²) in [5.74, 6) is 1.16. The molecule has 0 saturated carbocycles. The van der Waals surface area contributed by atoms with E-state index in [0.717, 1.165) is 36.3 Å². The predicted molar refractivity (Wildman–Crippen MR) is 78.7 cm³/mol. The first-order valence-electron chi connectivity index (χ1n) is 7.01. The van der Waals surface area contributed by atoms with Gasteiger partial charge in [0.05, 0.1) is 6.04 Å². The number of rotatable bonds is 2. The van der Waals surface area contributed by atoms with Crippen molar-refractivity contribution in [3.8, 4) is 0 Å². The Kier molecular flexibility index (Phi) is 2.60. The van der Waals surface area contributed by atoms with Gasteiger partial charge in [-0.25, -0.2) is 4.68 Å². The Morgan fingerprint density at radius 2 is 2.14 bits per heavy atom. The van der Waals surface area contributed by atoms with Crippen LogP contribution in [0.15, 0.2) is 28.7 Å². The van der Waals surface area contributed by atoms with E-state index >= 15 is 0 Å². The van der Waals surface area contributed by atoms with Crippen LogP contribution in [0.1, 0.15) is 24.7 Å². The molecule has 0 aliphatic carbocycles. The molecule has 2 aromatic heterocycles. The van der Waals surface area contributed by atoms with Crippen molar-refractivity contribution in [3.05, 3.63) is 30.1 Å². The average molecular weight is 284 g/mol. The highest BCUT2D eigenvalue weighted by Crippen LogP contribution is 2.35. The fourth-order valence-corrected chi connectivity index (χ4v) is 2.81. The van der Waals surface area contributed by atoms with Crippen LogP contribution in [0, 0.1) is 0 Å². The van der Waals surface area contributed by atoms with Crippen LogP contribution in [0.3, 0.4) is 0 Å². The average Bonchev–Trinajstić information content (AvgIpc) is 3.17. The lowest BCUT2D eigenvalue weighted by atomic mass is 10.2. The summed E-state index contributed by atoms with van der Waals surface area (Å²) in [4.78, 5) is 11.0. The van der Waals surface area contributed by atoms with Gasteiger partial charge in [-0.1, -0.05) is 12.1 Å². The molecular formula is C14H16N6O. The van der Waals surface area contributed by atoms with Crippen LogP contribution in [0.4, 0.5) is 12.0 Å². The standard InChI is InChI=1S/C14H16N6O/c1-19-13(15)17-12(18-19)10-6-4-8-20(10)14-16-9-5-2-3-7-11(9)21-14/h2-3,5,7,10H,4,6,8H2,1H3,(H2,15,17,18)/t10-/m0/s1. The Morgan fingerprint density at radius 3 is 2.90 bits per heavy atom. The molecule has 4 rings (SSSR count). The second-order valence-corrected chi connectivity index (χ2v) is 5.27. The highest BCUT2D eigenvalue weighted by atomic mass is 16.4. The smallest absolute Gasteiger partial charge is 0.299 e. The van der Waals surface area contributed by atoms with Crippen LogP contribution in [0.25, 0.3) is 11.1 Å². The number of aryl methyl sites for hydroxylation is 1. The number of nitrogens with zero attached hydrogens (tertiary/aromatic N) is 5. The van der Waals surface area contributed by atoms with Crippen molar-refractivity contribution >= 4 is 23.1 Å². The Hall–Kier alpha value is -2.57. The molecule has 0 spiro atoms. The predicted octanol–water partition coefficient (Wildman–Crippen LogP) is 1.88. The highest BCUT2D eigenvalue weighted by Gasteiger charge is 2.32. The first-order chi connectivity index (χ1) is 10.2. The molecule has 1 aromatic carbocycles. The van der Waals surface area contributed by atoms with Gasteiger partial charge in [-0.2, -0.15) is 15.1 Å². The van der Waals surface area contributed by atoms with E-state index in [4.69, 9.17) is 10.2 Å². The fraction of sp³-hybridized carbons (Fsp3) is 0.357. The molecule has 1 saturated heterocycles. The molecule has 0 amide bonds. The molecule has 0 radical (unpaired) electrons. The zero-order valence-electron chi connectivity index (χ0n) is 11.7. The summed E-state index contributed by atoms with van der Waals surface area (Å²) in [5, 5.41) is 4.39. The zero-order valence-corrected chi connectivity index (χ0v) is 11.7. The molecule has 7 nitrogen and oxygen atoms in total. The number of nitrogen functional groups attached to an aromatic ring is 1. The molecule has 1 aliphatic heterocycles. The minimum Gasteiger partial charge on any atom is -0.423 e. The van der Waals surface area contributed by atoms with Crippen molar-refractivity contribution in [1.82, 2.24) is 19.7 Å². The summed E-state index contributed by atoms with van der Waals surface area (Å²) in [7, 11) is 1.80. The van der Waals surface area contributed by atoms with Gasteiger partial charge in [0.15, 0.2) is 11.4 Å². The second kappa shape index (κ2) is 4.47. The summed E-state index contributed by atoms with van der Waals surface area (Å²) < 4.78 is 7.46. The molecule has 3 heterocycles. The van der Waals surface area contributed by atoms with Gasteiger partial charge in [-0.05, 0) is 25.0 Å². The van der Waals surface area contributed by atoms with Gasteiger partial charge >= 0.3 is 0 Å². The quantitative estimate of drug-likeness (QED) is 0.773. The van der Waals surface area contributed by atoms with Crippen LogP contribution >= 0.6 is 0 Å². The Balaban J connectivity index is 1.72. The summed E-state index contributed by atoms with van der Waals surface area (Å²) in [6, 6.07) is 8.47. The van der Waals surface area contributed by atoms with Crippen molar-refractivity contribution in [3.63, 3.8) is 0 Å². The molecule has 0 unspecified atom stereocenters. The van der Waals surface area contributed by atoms with E-state index in [1.54, 1.807) is 11.7 Å². The molecule has 2 N–H and O–H groups in total. The van der Waals surface area contributed by atoms with E-state index in [2.05, 4.69) is 20.0 Å². The number of hydrogen-bond donors (Lipinski definition) is 1. The topological polar surface area (TPSA) is 86.0 Å². The first kappa shape index (κ1) is 12.2. The number of benzene rings is 1. The molecule has 1 fully saturated rings. The van der Waals surface area contributed by atoms with E-state index in [0.29, 0.717) is 12.0 Å². The van der Waals surface area contributed by atoms with E-state index < -0.39 is 0 Å². The number of fused-ring (bicyclic) bond motifs is 1. The first-order valence-corrected chi connectivity index (χ1v) is 7.01. The molecule has 7 heteroatoms. The second-order valence-electron chi connectivity index (χ2n) is 5.27. The number of oxazole rings is 1. The normalized spacial score (nSPS) is 18.7. The van der Waals surface area contributed by atoms with Gasteiger partial charge in [-0.3, -0.25) is 0 Å². The van der Waals surface area contributed by atoms with Gasteiger partial charge in [0.1, 0.15) is 5.52 Å². The van der Waals surface area contributed by atoms with Crippen molar-refractivity contribution in [2.75, 3.05) is 17.2 Å². The van der Waals surface area contributed by atoms with Crippen molar-refractivity contribution in [2.45, 2.75) is 18.9 Å². The van der Waals surface area contributed by atoms with Crippen LogP contribution in [0.5, 0.6) is 0 Å². The molecule has 108 valence electrons. The molecule has 21 heavy (non-hydrogen) atoms. The van der Waals surface area contributed by atoms with Crippen LogP contribution < -0.4 is 10.6 Å². The maximum atomic E-state index is 5.86. The third-order valence-corrected chi connectivity index (χ3v) is 3.89. The van der Waals surface area contributed by atoms with E-state index in [9.17, 15) is 0 Å². The summed E-state index contributed by atoms with van der Waals surface area (Å²) in [6.45, 7) is 0.885. The fourth-order valence-electron chi connectivity index (χ4n) is 2.81. The monoisotopic (exact) mass is 284 g/mol. The van der Waals surface area contributed by atoms with Crippen molar-refractivity contribution in [2.24, 2.45) is 7.05 Å². The van der Waals surface area contributed by atoms with Crippen LogP contribution in [-0.2, 0) is 7.05 Å². The van der Waals surface area contributed by atoms with E-state index in [1.165, 1.54) is 0 Å². The van der Waals surface area contributed by atoms with Crippen LogP contribution in [0.2, 0.25) is 0 Å². The van der Waals surface area contributed by atoms with E-state index in [-0.39, 0.29) is 6.04 Å². The minimum atomic E-state index is 0.0709. The van der Waals surface area contributed by atoms with E-state index in [1.807, 2.05) is 24.3 Å². The Morgan fingerprint density at radius 1 is 1.29 bits per heavy atom. The molecule has 1 aliphatic rings. The van der Waals surface area contributed by atoms with Gasteiger partial charge < -0.3 is 15.1 Å². The largest absolute Gasteiger partial charge is 0.423 e. The van der Waals surface area contributed by atoms with Gasteiger partial charge in [0.2, 0.25) is 5.95 Å². The van der Waals surface area contributed by atoms with Gasteiger partial charge in [-0.15, -0.1) is 0 Å². The lowest BCUT2D eigenvalue weighted by molar-refractivity contribution is 0.545. The summed E-state index contributed by atoms with van der Waals surface area (Å²) in [5.41, 5.74) is 7.45. The number of anilines is 2. The molecule has 3 aromatic rings. The third-order valence-electron chi connectivity index (χ3n) is 3.89. The highest BCUT2D eigenvalue weighted by molar-refractivity contribution is 5.74. The Labute approximate surface area is 121 Å². The zero-order chi connectivity index (χ0) is 14.4. The third kappa shape index (κ3) is 1.93. The number of aromatic nitrogens is 4. The van der Waals surface area contributed by atoms with Crippen molar-refractivity contribution < 1.29 is 4.42 Å². The minimum absolute atomic E-state index is 0.0709. The molecule has 1 atom stereocenters. The summed E-state index contributed by atoms with van der Waals surface area (Å²) >= 11 is 0. The maximum absolute atomic E-state index is 5.86.